The highest BCUT2D eigenvalue weighted by Crippen LogP contribution is 2.18. The number of furan rings is 1. The summed E-state index contributed by atoms with van der Waals surface area (Å²) in [6.07, 6.45) is 0. The van der Waals surface area contributed by atoms with Gasteiger partial charge in [-0.05, 0) is 12.1 Å². The van der Waals surface area contributed by atoms with Gasteiger partial charge in [-0.2, -0.15) is 0 Å². The summed E-state index contributed by atoms with van der Waals surface area (Å²) < 4.78 is 34.8. The van der Waals surface area contributed by atoms with E-state index in [1.165, 1.54) is 38.2 Å². The molecule has 1 aromatic heterocycles. The Labute approximate surface area is 123 Å². The monoisotopic (exact) mass is 320 g/mol. The van der Waals surface area contributed by atoms with Crippen LogP contribution in [0.2, 0.25) is 0 Å². The molecule has 0 bridgehead atoms. The van der Waals surface area contributed by atoms with Gasteiger partial charge in [0.25, 0.3) is 15.9 Å². The summed E-state index contributed by atoms with van der Waals surface area (Å²) in [6, 6.07) is 2.53. The lowest BCUT2D eigenvalue weighted by Crippen LogP contribution is -2.36. The molecule has 0 aliphatic rings. The van der Waals surface area contributed by atoms with Crippen LogP contribution in [0.25, 0.3) is 0 Å². The first-order valence-corrected chi connectivity index (χ1v) is 7.70. The van der Waals surface area contributed by atoms with Gasteiger partial charge < -0.3 is 19.2 Å². The van der Waals surface area contributed by atoms with E-state index >= 15 is 0 Å². The van der Waals surface area contributed by atoms with E-state index in [9.17, 15) is 13.2 Å². The van der Waals surface area contributed by atoms with Crippen molar-refractivity contribution < 1.29 is 27.5 Å². The molecule has 0 radical (unpaired) electrons. The molecule has 1 aromatic rings. The fourth-order valence-corrected chi connectivity index (χ4v) is 2.34. The standard InChI is InChI=1S/C12H20N2O6S/c1-13(2)21(17,18)11-5-4-10(20-11)12(16)14(6-8-15)7-9-19-3/h4-5,15H,6-9H2,1-3H3. The quantitative estimate of drug-likeness (QED) is 0.700. The van der Waals surface area contributed by atoms with E-state index in [4.69, 9.17) is 14.3 Å². The third-order valence-electron chi connectivity index (χ3n) is 2.75. The van der Waals surface area contributed by atoms with Gasteiger partial charge in [-0.25, -0.2) is 12.7 Å². The molecule has 21 heavy (non-hydrogen) atoms. The van der Waals surface area contributed by atoms with E-state index in [0.29, 0.717) is 6.61 Å². The Kier molecular flexibility index (Phi) is 6.34. The van der Waals surface area contributed by atoms with Crippen LogP contribution in [0.3, 0.4) is 0 Å². The Bertz CT molecular complexity index is 566. The maximum absolute atomic E-state index is 12.2. The topological polar surface area (TPSA) is 100 Å². The molecule has 8 nitrogen and oxygen atoms in total. The summed E-state index contributed by atoms with van der Waals surface area (Å²) in [5.74, 6) is -0.596. The van der Waals surface area contributed by atoms with Crippen molar-refractivity contribution in [3.8, 4) is 0 Å². The van der Waals surface area contributed by atoms with Crippen molar-refractivity contribution in [3.63, 3.8) is 0 Å². The highest BCUT2D eigenvalue weighted by molar-refractivity contribution is 7.88. The van der Waals surface area contributed by atoms with Crippen LogP contribution in [0.1, 0.15) is 10.6 Å². The fraction of sp³-hybridized carbons (Fsp3) is 0.583. The molecular formula is C12H20N2O6S. The second-order valence-electron chi connectivity index (χ2n) is 4.41. The first-order valence-electron chi connectivity index (χ1n) is 6.26. The van der Waals surface area contributed by atoms with E-state index in [0.717, 1.165) is 4.31 Å². The average molecular weight is 320 g/mol. The van der Waals surface area contributed by atoms with Crippen molar-refractivity contribution in [2.45, 2.75) is 5.09 Å². The molecule has 0 fully saturated rings. The molecule has 1 rings (SSSR count). The number of hydrogen-bond acceptors (Lipinski definition) is 6. The Morgan fingerprint density at radius 3 is 2.52 bits per heavy atom. The molecule has 9 heteroatoms. The fourth-order valence-electron chi connectivity index (χ4n) is 1.55. The number of carbonyl (C=O) groups excluding carboxylic acids is 1. The minimum Gasteiger partial charge on any atom is -0.438 e. The Balaban J connectivity index is 2.95. The van der Waals surface area contributed by atoms with Crippen molar-refractivity contribution >= 4 is 15.9 Å². The predicted octanol–water partition coefficient (Wildman–Crippen LogP) is -0.389. The molecular weight excluding hydrogens is 300 g/mol. The number of sulfonamides is 1. The Morgan fingerprint density at radius 2 is 2.00 bits per heavy atom. The highest BCUT2D eigenvalue weighted by atomic mass is 32.2. The molecule has 1 amide bonds. The highest BCUT2D eigenvalue weighted by Gasteiger charge is 2.25. The summed E-state index contributed by atoms with van der Waals surface area (Å²) in [5, 5.41) is 8.67. The number of ether oxygens (including phenoxy) is 1. The molecule has 1 N–H and O–H groups in total. The maximum Gasteiger partial charge on any atom is 0.289 e. The molecule has 0 aliphatic carbocycles. The van der Waals surface area contributed by atoms with Gasteiger partial charge in [-0.1, -0.05) is 0 Å². The SMILES string of the molecule is COCCN(CCO)C(=O)c1ccc(S(=O)(=O)N(C)C)o1. The number of methoxy groups -OCH3 is 1. The predicted molar refractivity (Wildman–Crippen MR) is 74.4 cm³/mol. The smallest absolute Gasteiger partial charge is 0.289 e. The molecule has 0 aromatic carbocycles. The molecule has 0 aliphatic heterocycles. The largest absolute Gasteiger partial charge is 0.438 e. The van der Waals surface area contributed by atoms with Crippen LogP contribution >= 0.6 is 0 Å². The van der Waals surface area contributed by atoms with E-state index in [2.05, 4.69) is 0 Å². The van der Waals surface area contributed by atoms with E-state index in [1.807, 2.05) is 0 Å². The molecule has 0 spiro atoms. The average Bonchev–Trinajstić information content (AvgIpc) is 2.92. The zero-order valence-corrected chi connectivity index (χ0v) is 13.1. The van der Waals surface area contributed by atoms with E-state index < -0.39 is 15.9 Å². The summed E-state index contributed by atoms with van der Waals surface area (Å²) in [7, 11) is 0.516. The zero-order chi connectivity index (χ0) is 16.0. The lowest BCUT2D eigenvalue weighted by atomic mass is 10.3. The number of rotatable bonds is 8. The minimum atomic E-state index is -3.72. The van der Waals surface area contributed by atoms with Crippen LogP contribution in [-0.4, -0.2) is 76.1 Å². The van der Waals surface area contributed by atoms with Crippen molar-refractivity contribution in [3.05, 3.63) is 17.9 Å². The third-order valence-corrected chi connectivity index (χ3v) is 4.44. The van der Waals surface area contributed by atoms with Gasteiger partial charge >= 0.3 is 0 Å². The number of hydrogen-bond donors (Lipinski definition) is 1. The first kappa shape index (κ1) is 17.6. The van der Waals surface area contributed by atoms with Crippen molar-refractivity contribution in [1.82, 2.24) is 9.21 Å². The Hall–Kier alpha value is -1.42. The number of amides is 1. The summed E-state index contributed by atoms with van der Waals surface area (Å²) >= 11 is 0. The van der Waals surface area contributed by atoms with Crippen LogP contribution in [0.5, 0.6) is 0 Å². The summed E-state index contributed by atoms with van der Waals surface area (Å²) in [4.78, 5) is 13.5. The van der Waals surface area contributed by atoms with E-state index in [-0.39, 0.29) is 30.5 Å². The van der Waals surface area contributed by atoms with Gasteiger partial charge in [0.05, 0.1) is 13.2 Å². The van der Waals surface area contributed by atoms with Crippen LogP contribution in [0.15, 0.2) is 21.6 Å². The van der Waals surface area contributed by atoms with Crippen LogP contribution in [0.4, 0.5) is 0 Å². The maximum atomic E-state index is 12.2. The van der Waals surface area contributed by atoms with E-state index in [1.54, 1.807) is 0 Å². The number of aliphatic hydroxyl groups excluding tert-OH is 1. The van der Waals surface area contributed by atoms with Crippen LogP contribution in [-0.2, 0) is 14.8 Å². The lowest BCUT2D eigenvalue weighted by molar-refractivity contribution is 0.0620. The van der Waals surface area contributed by atoms with Gasteiger partial charge in [0, 0.05) is 34.3 Å². The minimum absolute atomic E-state index is 0.0972. The molecule has 1 heterocycles. The molecule has 0 saturated heterocycles. The lowest BCUT2D eigenvalue weighted by Gasteiger charge is -2.19. The molecule has 120 valence electrons. The number of aliphatic hydroxyl groups is 1. The normalized spacial score (nSPS) is 11.9. The van der Waals surface area contributed by atoms with Crippen LogP contribution < -0.4 is 0 Å². The summed E-state index contributed by atoms with van der Waals surface area (Å²) in [6.45, 7) is 0.472. The van der Waals surface area contributed by atoms with Crippen molar-refractivity contribution in [1.29, 1.82) is 0 Å². The van der Waals surface area contributed by atoms with Gasteiger partial charge in [0.1, 0.15) is 0 Å². The van der Waals surface area contributed by atoms with Gasteiger partial charge in [0.2, 0.25) is 5.09 Å². The van der Waals surface area contributed by atoms with Gasteiger partial charge in [-0.3, -0.25) is 4.79 Å². The Morgan fingerprint density at radius 1 is 1.33 bits per heavy atom. The molecule has 0 saturated carbocycles. The second kappa shape index (κ2) is 7.55. The van der Waals surface area contributed by atoms with Gasteiger partial charge in [0.15, 0.2) is 5.76 Å². The number of nitrogens with zero attached hydrogens (tertiary/aromatic N) is 2. The van der Waals surface area contributed by atoms with Crippen molar-refractivity contribution in [2.75, 3.05) is 47.5 Å². The van der Waals surface area contributed by atoms with Crippen molar-refractivity contribution in [2.24, 2.45) is 0 Å². The molecule has 0 unspecified atom stereocenters. The van der Waals surface area contributed by atoms with Gasteiger partial charge in [-0.15, -0.1) is 0 Å². The third kappa shape index (κ3) is 4.27. The summed E-state index contributed by atoms with van der Waals surface area (Å²) in [5.41, 5.74) is 0. The molecule has 0 atom stereocenters. The van der Waals surface area contributed by atoms with Crippen LogP contribution in [0, 0.1) is 0 Å². The first-order chi connectivity index (χ1) is 9.84. The second-order valence-corrected chi connectivity index (χ2v) is 6.50. The number of carbonyl (C=O) groups is 1. The zero-order valence-electron chi connectivity index (χ0n) is 12.3.